The van der Waals surface area contributed by atoms with Crippen LogP contribution >= 0.6 is 0 Å². The van der Waals surface area contributed by atoms with Crippen LogP contribution in [-0.4, -0.2) is 0 Å². The Morgan fingerprint density at radius 1 is 0.750 bits per heavy atom. The van der Waals surface area contributed by atoms with Gasteiger partial charge in [0.05, 0.1) is 0 Å². The van der Waals surface area contributed by atoms with Gasteiger partial charge in [0.1, 0.15) is 23.0 Å². The molecule has 0 saturated carbocycles. The van der Waals surface area contributed by atoms with E-state index in [4.69, 9.17) is 8.83 Å². The Hall–Kier alpha value is -1.44. The second-order valence-electron chi connectivity index (χ2n) is 6.10. The van der Waals surface area contributed by atoms with Gasteiger partial charge < -0.3 is 8.83 Å². The first-order valence-corrected chi connectivity index (χ1v) is 7.36. The standard InChI is InChI=1S/2C9H14O/c1-6(2)9-5-7(3)8(4)10-9;1-6(2)9-7(3)5-8(4)10-9/h2*5-6H,1-4H3. The highest BCUT2D eigenvalue weighted by atomic mass is 16.3. The molecule has 2 rings (SSSR count). The predicted octanol–water partition coefficient (Wildman–Crippen LogP) is 6.04. The van der Waals surface area contributed by atoms with Crippen LogP contribution in [0.1, 0.15) is 73.7 Å². The molecule has 0 aliphatic heterocycles. The van der Waals surface area contributed by atoms with Gasteiger partial charge in [0.2, 0.25) is 0 Å². The minimum atomic E-state index is 0.507. The Morgan fingerprint density at radius 2 is 1.35 bits per heavy atom. The highest BCUT2D eigenvalue weighted by Crippen LogP contribution is 2.22. The minimum absolute atomic E-state index is 0.507. The molecule has 2 nitrogen and oxygen atoms in total. The monoisotopic (exact) mass is 276 g/mol. The molecule has 0 aromatic carbocycles. The topological polar surface area (TPSA) is 26.3 Å². The van der Waals surface area contributed by atoms with Gasteiger partial charge in [-0.1, -0.05) is 27.7 Å². The average molecular weight is 276 g/mol. The molecular weight excluding hydrogens is 248 g/mol. The maximum absolute atomic E-state index is 5.48. The molecule has 0 unspecified atom stereocenters. The summed E-state index contributed by atoms with van der Waals surface area (Å²) in [5, 5.41) is 0. The molecule has 112 valence electrons. The molecule has 0 aliphatic rings. The molecule has 0 N–H and O–H groups in total. The zero-order valence-electron chi connectivity index (χ0n) is 14.1. The van der Waals surface area contributed by atoms with Crippen molar-refractivity contribution < 1.29 is 8.83 Å². The fourth-order valence-corrected chi connectivity index (χ4v) is 2.12. The number of furan rings is 2. The van der Waals surface area contributed by atoms with Crippen LogP contribution in [-0.2, 0) is 0 Å². The van der Waals surface area contributed by atoms with Gasteiger partial charge in [-0.25, -0.2) is 0 Å². The molecule has 2 heteroatoms. The molecule has 0 spiro atoms. The maximum Gasteiger partial charge on any atom is 0.109 e. The molecule has 0 saturated heterocycles. The fourth-order valence-electron chi connectivity index (χ4n) is 2.12. The maximum atomic E-state index is 5.48. The van der Waals surface area contributed by atoms with E-state index in [1.807, 2.05) is 13.8 Å². The van der Waals surface area contributed by atoms with Gasteiger partial charge in [0.25, 0.3) is 0 Å². The Labute approximate surface area is 123 Å². The van der Waals surface area contributed by atoms with Crippen LogP contribution in [0.2, 0.25) is 0 Å². The Morgan fingerprint density at radius 3 is 1.55 bits per heavy atom. The molecule has 0 amide bonds. The van der Waals surface area contributed by atoms with Gasteiger partial charge in [-0.2, -0.15) is 0 Å². The van der Waals surface area contributed by atoms with Crippen LogP contribution in [0.25, 0.3) is 0 Å². The quantitative estimate of drug-likeness (QED) is 0.668. The minimum Gasteiger partial charge on any atom is -0.466 e. The third-order valence-corrected chi connectivity index (χ3v) is 3.36. The molecule has 2 aromatic rings. The van der Waals surface area contributed by atoms with E-state index in [0.717, 1.165) is 23.0 Å². The Kier molecular flexibility index (Phi) is 5.67. The van der Waals surface area contributed by atoms with Crippen LogP contribution in [0.4, 0.5) is 0 Å². The van der Waals surface area contributed by atoms with Gasteiger partial charge in [-0.3, -0.25) is 0 Å². The van der Waals surface area contributed by atoms with E-state index in [9.17, 15) is 0 Å². The van der Waals surface area contributed by atoms with Crippen LogP contribution in [0, 0.1) is 27.7 Å². The summed E-state index contributed by atoms with van der Waals surface area (Å²) in [6.07, 6.45) is 0. The van der Waals surface area contributed by atoms with Crippen molar-refractivity contribution in [2.24, 2.45) is 0 Å². The van der Waals surface area contributed by atoms with Crippen molar-refractivity contribution in [2.75, 3.05) is 0 Å². The van der Waals surface area contributed by atoms with E-state index >= 15 is 0 Å². The van der Waals surface area contributed by atoms with E-state index in [2.05, 4.69) is 53.7 Å². The highest BCUT2D eigenvalue weighted by Gasteiger charge is 2.07. The third-order valence-electron chi connectivity index (χ3n) is 3.36. The molecule has 2 heterocycles. The second kappa shape index (κ2) is 6.83. The smallest absolute Gasteiger partial charge is 0.109 e. The zero-order chi connectivity index (χ0) is 15.4. The summed E-state index contributed by atoms with van der Waals surface area (Å²) in [6, 6.07) is 4.19. The molecule has 0 atom stereocenters. The summed E-state index contributed by atoms with van der Waals surface area (Å²) < 4.78 is 11.0. The van der Waals surface area contributed by atoms with Crippen LogP contribution in [0.15, 0.2) is 21.0 Å². The molecule has 0 bridgehead atoms. The zero-order valence-corrected chi connectivity index (χ0v) is 14.1. The number of hydrogen-bond donors (Lipinski definition) is 0. The van der Waals surface area contributed by atoms with Crippen molar-refractivity contribution in [2.45, 2.75) is 67.2 Å². The summed E-state index contributed by atoms with van der Waals surface area (Å²) in [7, 11) is 0. The molecule has 2 aromatic heterocycles. The van der Waals surface area contributed by atoms with Gasteiger partial charge >= 0.3 is 0 Å². The van der Waals surface area contributed by atoms with Crippen molar-refractivity contribution in [1.82, 2.24) is 0 Å². The van der Waals surface area contributed by atoms with Gasteiger partial charge in [-0.15, -0.1) is 0 Å². The summed E-state index contributed by atoms with van der Waals surface area (Å²) >= 11 is 0. The normalized spacial score (nSPS) is 10.9. The lowest BCUT2D eigenvalue weighted by Gasteiger charge is -1.99. The average Bonchev–Trinajstić information content (AvgIpc) is 2.84. The fraction of sp³-hybridized carbons (Fsp3) is 0.556. The van der Waals surface area contributed by atoms with Crippen molar-refractivity contribution in [3.05, 3.63) is 46.3 Å². The molecular formula is C18H28O2. The molecule has 0 aliphatic carbocycles. The number of rotatable bonds is 2. The number of aryl methyl sites for hydroxylation is 4. The molecule has 20 heavy (non-hydrogen) atoms. The lowest BCUT2D eigenvalue weighted by atomic mass is 10.1. The van der Waals surface area contributed by atoms with E-state index in [1.165, 1.54) is 11.1 Å². The van der Waals surface area contributed by atoms with E-state index in [1.54, 1.807) is 0 Å². The van der Waals surface area contributed by atoms with Gasteiger partial charge in [0, 0.05) is 11.8 Å². The second-order valence-corrected chi connectivity index (χ2v) is 6.10. The van der Waals surface area contributed by atoms with E-state index < -0.39 is 0 Å². The van der Waals surface area contributed by atoms with E-state index in [0.29, 0.717) is 11.8 Å². The third kappa shape index (κ3) is 4.29. The Balaban J connectivity index is 0.000000200. The summed E-state index contributed by atoms with van der Waals surface area (Å²) in [5.74, 6) is 5.29. The van der Waals surface area contributed by atoms with Crippen molar-refractivity contribution in [3.8, 4) is 0 Å². The predicted molar refractivity (Wildman–Crippen MR) is 84.5 cm³/mol. The highest BCUT2D eigenvalue weighted by molar-refractivity contribution is 5.21. The summed E-state index contributed by atoms with van der Waals surface area (Å²) in [6.45, 7) is 16.7. The van der Waals surface area contributed by atoms with Crippen molar-refractivity contribution in [3.63, 3.8) is 0 Å². The van der Waals surface area contributed by atoms with Gasteiger partial charge in [-0.05, 0) is 51.0 Å². The van der Waals surface area contributed by atoms with Crippen LogP contribution in [0.3, 0.4) is 0 Å². The molecule has 0 radical (unpaired) electrons. The van der Waals surface area contributed by atoms with Gasteiger partial charge in [0.15, 0.2) is 0 Å². The van der Waals surface area contributed by atoms with Crippen LogP contribution < -0.4 is 0 Å². The Bertz CT molecular complexity index is 522. The summed E-state index contributed by atoms with van der Waals surface area (Å²) in [5.41, 5.74) is 2.52. The first-order chi connectivity index (χ1) is 9.22. The largest absolute Gasteiger partial charge is 0.466 e. The molecule has 0 fully saturated rings. The lowest BCUT2D eigenvalue weighted by molar-refractivity contribution is 0.461. The van der Waals surface area contributed by atoms with Crippen molar-refractivity contribution in [1.29, 1.82) is 0 Å². The first-order valence-electron chi connectivity index (χ1n) is 7.36. The summed E-state index contributed by atoms with van der Waals surface area (Å²) in [4.78, 5) is 0. The lowest BCUT2D eigenvalue weighted by Crippen LogP contribution is -1.84. The first kappa shape index (κ1) is 16.6. The van der Waals surface area contributed by atoms with Crippen LogP contribution in [0.5, 0.6) is 0 Å². The van der Waals surface area contributed by atoms with E-state index in [-0.39, 0.29) is 0 Å². The van der Waals surface area contributed by atoms with Crippen molar-refractivity contribution >= 4 is 0 Å². The SMILES string of the molecule is Cc1cc(C(C)C)oc1C.Cc1cc(C)c(C(C)C)o1. The number of hydrogen-bond acceptors (Lipinski definition) is 2.